The first-order chi connectivity index (χ1) is 13.5. The van der Waals surface area contributed by atoms with E-state index in [2.05, 4.69) is 9.88 Å². The van der Waals surface area contributed by atoms with Gasteiger partial charge in [-0.2, -0.15) is 0 Å². The Morgan fingerprint density at radius 2 is 1.54 bits per heavy atom. The number of aromatic nitrogens is 1. The van der Waals surface area contributed by atoms with Crippen LogP contribution in [0.5, 0.6) is 0 Å². The molecule has 9 nitrogen and oxygen atoms in total. The predicted octanol–water partition coefficient (Wildman–Crippen LogP) is 0.664. The van der Waals surface area contributed by atoms with Gasteiger partial charge in [0.15, 0.2) is 0 Å². The minimum atomic E-state index is -0.277. The van der Waals surface area contributed by atoms with Crippen LogP contribution in [-0.2, 0) is 9.53 Å². The number of hydrogen-bond acceptors (Lipinski definition) is 6. The van der Waals surface area contributed by atoms with Gasteiger partial charge in [-0.05, 0) is 19.1 Å². The molecule has 0 spiro atoms. The highest BCUT2D eigenvalue weighted by Crippen LogP contribution is 2.16. The number of pyridine rings is 1. The summed E-state index contributed by atoms with van der Waals surface area (Å²) in [4.78, 5) is 47.6. The Morgan fingerprint density at radius 1 is 0.929 bits per heavy atom. The van der Waals surface area contributed by atoms with Gasteiger partial charge in [-0.15, -0.1) is 0 Å². The fraction of sp³-hybridized carbons (Fsp3) is 0.579. The normalized spacial score (nSPS) is 17.5. The van der Waals surface area contributed by atoms with E-state index in [1.165, 1.54) is 0 Å². The Balaban J connectivity index is 1.53. The molecule has 3 heterocycles. The summed E-state index contributed by atoms with van der Waals surface area (Å²) in [5.74, 6) is 0.775. The number of amides is 3. The Hall–Kier alpha value is -2.84. The summed E-state index contributed by atoms with van der Waals surface area (Å²) in [6.45, 7) is 8.44. The van der Waals surface area contributed by atoms with E-state index in [1.807, 2.05) is 6.07 Å². The average molecular weight is 389 g/mol. The van der Waals surface area contributed by atoms with E-state index in [0.717, 1.165) is 5.82 Å². The van der Waals surface area contributed by atoms with Crippen molar-refractivity contribution in [2.75, 3.05) is 63.9 Å². The van der Waals surface area contributed by atoms with E-state index in [4.69, 9.17) is 4.74 Å². The fourth-order valence-electron chi connectivity index (χ4n) is 3.44. The van der Waals surface area contributed by atoms with Crippen LogP contribution in [0.25, 0.3) is 0 Å². The van der Waals surface area contributed by atoms with Crippen molar-refractivity contribution in [2.24, 2.45) is 0 Å². The second kappa shape index (κ2) is 8.90. The lowest BCUT2D eigenvalue weighted by Gasteiger charge is -2.35. The van der Waals surface area contributed by atoms with Crippen LogP contribution in [0.3, 0.4) is 0 Å². The number of hydrogen-bond donors (Lipinski definition) is 0. The fourth-order valence-corrected chi connectivity index (χ4v) is 3.44. The summed E-state index contributed by atoms with van der Waals surface area (Å²) in [6.07, 6.45) is 1.33. The van der Waals surface area contributed by atoms with E-state index in [0.29, 0.717) is 64.5 Å². The summed E-state index contributed by atoms with van der Waals surface area (Å²) in [5.41, 5.74) is 0.546. The molecule has 1 aromatic heterocycles. The van der Waals surface area contributed by atoms with Crippen LogP contribution in [0.2, 0.25) is 0 Å². The number of rotatable bonds is 3. The Kier molecular flexibility index (Phi) is 6.33. The van der Waals surface area contributed by atoms with Gasteiger partial charge in [0.1, 0.15) is 5.82 Å². The lowest BCUT2D eigenvalue weighted by Crippen LogP contribution is -2.50. The molecule has 0 saturated carbocycles. The van der Waals surface area contributed by atoms with Crippen molar-refractivity contribution in [3.8, 4) is 0 Å². The third-order valence-corrected chi connectivity index (χ3v) is 5.14. The number of carbonyl (C=O) groups is 3. The van der Waals surface area contributed by atoms with Gasteiger partial charge >= 0.3 is 6.09 Å². The van der Waals surface area contributed by atoms with E-state index in [1.54, 1.807) is 40.8 Å². The summed E-state index contributed by atoms with van der Waals surface area (Å²) < 4.78 is 5.03. The van der Waals surface area contributed by atoms with Crippen molar-refractivity contribution in [2.45, 2.75) is 13.8 Å². The van der Waals surface area contributed by atoms with Crippen molar-refractivity contribution >= 4 is 23.7 Å². The molecule has 2 fully saturated rings. The standard InChI is InChI=1S/C19H27N5O4/c1-3-28-19(27)24-12-8-22(9-13-24)17-5-4-16(14-20-17)18(26)23-10-6-21(7-11-23)15(2)25/h4-5,14H,3,6-13H2,1-2H3. The quantitative estimate of drug-likeness (QED) is 0.755. The second-order valence-corrected chi connectivity index (χ2v) is 6.88. The van der Waals surface area contributed by atoms with Crippen LogP contribution in [0.4, 0.5) is 10.6 Å². The molecule has 1 aromatic rings. The van der Waals surface area contributed by atoms with E-state index in [-0.39, 0.29) is 17.9 Å². The first-order valence-electron chi connectivity index (χ1n) is 9.67. The molecule has 9 heteroatoms. The van der Waals surface area contributed by atoms with Crippen LogP contribution in [-0.4, -0.2) is 96.6 Å². The number of piperazine rings is 2. The molecular formula is C19H27N5O4. The first kappa shape index (κ1) is 19.9. The maximum absolute atomic E-state index is 12.7. The molecule has 0 aliphatic carbocycles. The Morgan fingerprint density at radius 3 is 2.07 bits per heavy atom. The molecule has 0 bridgehead atoms. The average Bonchev–Trinajstić information content (AvgIpc) is 2.74. The van der Waals surface area contributed by atoms with Crippen molar-refractivity contribution in [1.29, 1.82) is 0 Å². The van der Waals surface area contributed by atoms with E-state index < -0.39 is 0 Å². The molecule has 0 aromatic carbocycles. The molecule has 152 valence electrons. The summed E-state index contributed by atoms with van der Waals surface area (Å²) in [6, 6.07) is 3.64. The number of carbonyl (C=O) groups excluding carboxylic acids is 3. The molecule has 3 amide bonds. The summed E-state index contributed by atoms with van der Waals surface area (Å²) >= 11 is 0. The van der Waals surface area contributed by atoms with Crippen LogP contribution >= 0.6 is 0 Å². The van der Waals surface area contributed by atoms with Crippen LogP contribution in [0, 0.1) is 0 Å². The molecule has 2 aliphatic heterocycles. The number of nitrogens with zero attached hydrogens (tertiary/aromatic N) is 5. The predicted molar refractivity (Wildman–Crippen MR) is 103 cm³/mol. The molecule has 0 atom stereocenters. The van der Waals surface area contributed by atoms with Crippen molar-refractivity contribution in [1.82, 2.24) is 19.7 Å². The van der Waals surface area contributed by atoms with Gasteiger partial charge in [0.25, 0.3) is 5.91 Å². The molecule has 2 saturated heterocycles. The van der Waals surface area contributed by atoms with Gasteiger partial charge in [0.05, 0.1) is 12.2 Å². The molecule has 28 heavy (non-hydrogen) atoms. The van der Waals surface area contributed by atoms with Crippen LogP contribution in [0.1, 0.15) is 24.2 Å². The SMILES string of the molecule is CCOC(=O)N1CCN(c2ccc(C(=O)N3CCN(C(C)=O)CC3)cn2)CC1. The van der Waals surface area contributed by atoms with Gasteiger partial charge in [0, 0.05) is 65.5 Å². The molecular weight excluding hydrogens is 362 g/mol. The van der Waals surface area contributed by atoms with E-state index >= 15 is 0 Å². The zero-order valence-electron chi connectivity index (χ0n) is 16.5. The highest BCUT2D eigenvalue weighted by molar-refractivity contribution is 5.94. The first-order valence-corrected chi connectivity index (χ1v) is 9.67. The molecule has 2 aliphatic rings. The Labute approximate surface area is 164 Å². The van der Waals surface area contributed by atoms with Gasteiger partial charge in [-0.1, -0.05) is 0 Å². The zero-order chi connectivity index (χ0) is 20.1. The molecule has 0 N–H and O–H groups in total. The number of anilines is 1. The minimum Gasteiger partial charge on any atom is -0.450 e. The topological polar surface area (TPSA) is 86.3 Å². The minimum absolute atomic E-state index is 0.0428. The largest absolute Gasteiger partial charge is 0.450 e. The second-order valence-electron chi connectivity index (χ2n) is 6.88. The van der Waals surface area contributed by atoms with E-state index in [9.17, 15) is 14.4 Å². The van der Waals surface area contributed by atoms with Crippen LogP contribution in [0.15, 0.2) is 18.3 Å². The smallest absolute Gasteiger partial charge is 0.409 e. The van der Waals surface area contributed by atoms with Crippen molar-refractivity contribution in [3.05, 3.63) is 23.9 Å². The van der Waals surface area contributed by atoms with Crippen molar-refractivity contribution < 1.29 is 19.1 Å². The molecule has 0 unspecified atom stereocenters. The van der Waals surface area contributed by atoms with Crippen LogP contribution < -0.4 is 4.90 Å². The monoisotopic (exact) mass is 389 g/mol. The molecule has 0 radical (unpaired) electrons. The summed E-state index contributed by atoms with van der Waals surface area (Å²) in [5, 5.41) is 0. The highest BCUT2D eigenvalue weighted by Gasteiger charge is 2.25. The summed E-state index contributed by atoms with van der Waals surface area (Å²) in [7, 11) is 0. The third-order valence-electron chi connectivity index (χ3n) is 5.14. The zero-order valence-corrected chi connectivity index (χ0v) is 16.5. The molecule has 3 rings (SSSR count). The number of ether oxygens (including phenoxy) is 1. The van der Waals surface area contributed by atoms with Crippen molar-refractivity contribution in [3.63, 3.8) is 0 Å². The maximum atomic E-state index is 12.7. The lowest BCUT2D eigenvalue weighted by molar-refractivity contribution is -0.130. The third kappa shape index (κ3) is 4.52. The van der Waals surface area contributed by atoms with Gasteiger partial charge < -0.3 is 24.3 Å². The Bertz CT molecular complexity index is 708. The maximum Gasteiger partial charge on any atom is 0.409 e. The van der Waals surface area contributed by atoms with Gasteiger partial charge in [-0.3, -0.25) is 9.59 Å². The van der Waals surface area contributed by atoms with Gasteiger partial charge in [-0.25, -0.2) is 9.78 Å². The highest BCUT2D eigenvalue weighted by atomic mass is 16.6. The van der Waals surface area contributed by atoms with Gasteiger partial charge in [0.2, 0.25) is 5.91 Å². The lowest BCUT2D eigenvalue weighted by atomic mass is 10.2.